The highest BCUT2D eigenvalue weighted by Gasteiger charge is 2.18. The number of halogens is 3. The van der Waals surface area contributed by atoms with Gasteiger partial charge in [-0.15, -0.1) is 10.2 Å². The number of aryl methyl sites for hydroxylation is 1. The largest absolute Gasteiger partial charge is 0.433 e. The molecular weight excluding hydrogens is 314 g/mol. The molecule has 0 unspecified atom stereocenters. The lowest BCUT2D eigenvalue weighted by Crippen LogP contribution is -1.99. The van der Waals surface area contributed by atoms with Crippen LogP contribution in [0.2, 0.25) is 10.4 Å². The Bertz CT molecular complexity index is 698. The number of benzene rings is 1. The van der Waals surface area contributed by atoms with Gasteiger partial charge >= 0.3 is 0 Å². The third kappa shape index (κ3) is 2.91. The molecule has 1 aromatic carbocycles. The van der Waals surface area contributed by atoms with Crippen molar-refractivity contribution in [3.8, 4) is 11.6 Å². The summed E-state index contributed by atoms with van der Waals surface area (Å²) >= 11 is 11.2. The van der Waals surface area contributed by atoms with Gasteiger partial charge in [-0.1, -0.05) is 11.6 Å². The van der Waals surface area contributed by atoms with Crippen molar-refractivity contribution in [2.45, 2.75) is 6.92 Å². The predicted molar refractivity (Wildman–Crippen MR) is 67.7 cm³/mol. The van der Waals surface area contributed by atoms with E-state index in [0.29, 0.717) is 0 Å². The van der Waals surface area contributed by atoms with Crippen LogP contribution in [0.25, 0.3) is 0 Å². The quantitative estimate of drug-likeness (QED) is 0.636. The van der Waals surface area contributed by atoms with Gasteiger partial charge in [0.05, 0.1) is 11.0 Å². The second kappa shape index (κ2) is 5.51. The Hall–Kier alpha value is -2.06. The van der Waals surface area contributed by atoms with Gasteiger partial charge in [0.2, 0.25) is 10.4 Å². The number of nitro benzene ring substituents is 1. The maximum absolute atomic E-state index is 13.7. The van der Waals surface area contributed by atoms with Crippen LogP contribution in [-0.2, 0) is 0 Å². The average molecular weight is 319 g/mol. The van der Waals surface area contributed by atoms with Crippen LogP contribution in [0, 0.1) is 22.9 Å². The molecule has 20 heavy (non-hydrogen) atoms. The highest BCUT2D eigenvalue weighted by molar-refractivity contribution is 6.31. The molecule has 0 saturated heterocycles. The zero-order chi connectivity index (χ0) is 14.9. The van der Waals surface area contributed by atoms with E-state index in [1.807, 2.05) is 0 Å². The summed E-state index contributed by atoms with van der Waals surface area (Å²) in [5.41, 5.74) is -0.143. The highest BCUT2D eigenvalue weighted by atomic mass is 35.5. The van der Waals surface area contributed by atoms with Crippen molar-refractivity contribution in [1.29, 1.82) is 0 Å². The molecule has 1 aromatic heterocycles. The van der Waals surface area contributed by atoms with E-state index in [9.17, 15) is 14.5 Å². The van der Waals surface area contributed by atoms with Gasteiger partial charge in [0.15, 0.2) is 11.6 Å². The summed E-state index contributed by atoms with van der Waals surface area (Å²) < 4.78 is 18.8. The zero-order valence-electron chi connectivity index (χ0n) is 9.80. The Morgan fingerprint density at radius 2 is 2.05 bits per heavy atom. The lowest BCUT2D eigenvalue weighted by Gasteiger charge is -2.07. The Balaban J connectivity index is 2.42. The molecule has 0 N–H and O–H groups in total. The van der Waals surface area contributed by atoms with Gasteiger partial charge in [0.25, 0.3) is 11.6 Å². The van der Waals surface area contributed by atoms with Crippen LogP contribution in [-0.4, -0.2) is 20.1 Å². The fourth-order valence-corrected chi connectivity index (χ4v) is 1.60. The first kappa shape index (κ1) is 14.4. The molecule has 0 radical (unpaired) electrons. The smallest absolute Gasteiger partial charge is 0.275 e. The third-order valence-electron chi connectivity index (χ3n) is 2.24. The van der Waals surface area contributed by atoms with E-state index in [2.05, 4.69) is 15.2 Å². The number of rotatable bonds is 3. The number of ether oxygens (including phenoxy) is 1. The lowest BCUT2D eigenvalue weighted by atomic mass is 10.2. The molecule has 104 valence electrons. The van der Waals surface area contributed by atoms with Gasteiger partial charge < -0.3 is 4.74 Å². The second-order valence-corrected chi connectivity index (χ2v) is 4.30. The monoisotopic (exact) mass is 318 g/mol. The average Bonchev–Trinajstić information content (AvgIpc) is 2.37. The van der Waals surface area contributed by atoms with E-state index in [-0.39, 0.29) is 33.3 Å². The van der Waals surface area contributed by atoms with Crippen LogP contribution in [0.5, 0.6) is 11.6 Å². The molecule has 0 saturated carbocycles. The fourth-order valence-electron chi connectivity index (χ4n) is 1.37. The van der Waals surface area contributed by atoms with Crippen LogP contribution in [0.3, 0.4) is 0 Å². The number of nitrogens with zero attached hydrogens (tertiary/aromatic N) is 4. The topological polar surface area (TPSA) is 91.0 Å². The van der Waals surface area contributed by atoms with Crippen molar-refractivity contribution in [2.24, 2.45) is 0 Å². The minimum atomic E-state index is -0.937. The summed E-state index contributed by atoms with van der Waals surface area (Å²) in [6.45, 7) is 1.44. The van der Waals surface area contributed by atoms with E-state index in [0.717, 1.165) is 12.1 Å². The molecule has 1 heterocycles. The number of hydrogen-bond acceptors (Lipinski definition) is 6. The van der Waals surface area contributed by atoms with E-state index in [1.165, 1.54) is 6.92 Å². The van der Waals surface area contributed by atoms with Gasteiger partial charge in [-0.3, -0.25) is 10.1 Å². The summed E-state index contributed by atoms with van der Waals surface area (Å²) in [7, 11) is 0. The molecule has 0 fully saturated rings. The molecular formula is C10H5Cl2FN4O3. The van der Waals surface area contributed by atoms with Crippen molar-refractivity contribution < 1.29 is 14.1 Å². The Morgan fingerprint density at radius 1 is 1.35 bits per heavy atom. The van der Waals surface area contributed by atoms with Crippen LogP contribution in [0.1, 0.15) is 5.56 Å². The second-order valence-electron chi connectivity index (χ2n) is 3.61. The molecule has 0 aliphatic rings. The maximum Gasteiger partial charge on any atom is 0.275 e. The molecule has 0 aliphatic carbocycles. The standard InChI is InChI=1S/C10H5Cl2FN4O3/c1-4-2-7(5(13)3-6(4)17(18)19)20-9-8(11)15-16-10(12)14-9/h2-3H,1H3. The van der Waals surface area contributed by atoms with E-state index in [4.69, 9.17) is 27.9 Å². The van der Waals surface area contributed by atoms with Gasteiger partial charge in [-0.25, -0.2) is 4.39 Å². The molecule has 10 heteroatoms. The Kier molecular flexibility index (Phi) is 3.96. The minimum absolute atomic E-state index is 0.218. The fraction of sp³-hybridized carbons (Fsp3) is 0.100. The van der Waals surface area contributed by atoms with Crippen LogP contribution < -0.4 is 4.74 Å². The van der Waals surface area contributed by atoms with Gasteiger partial charge in [-0.2, -0.15) is 4.98 Å². The minimum Gasteiger partial charge on any atom is -0.433 e. The molecule has 2 rings (SSSR count). The van der Waals surface area contributed by atoms with Crippen molar-refractivity contribution in [2.75, 3.05) is 0 Å². The van der Waals surface area contributed by atoms with Crippen molar-refractivity contribution in [1.82, 2.24) is 15.2 Å². The van der Waals surface area contributed by atoms with Gasteiger partial charge in [0.1, 0.15) is 0 Å². The molecule has 7 nitrogen and oxygen atoms in total. The van der Waals surface area contributed by atoms with Crippen LogP contribution in [0.15, 0.2) is 12.1 Å². The maximum atomic E-state index is 13.7. The lowest BCUT2D eigenvalue weighted by molar-refractivity contribution is -0.385. The Morgan fingerprint density at radius 3 is 2.70 bits per heavy atom. The van der Waals surface area contributed by atoms with Crippen molar-refractivity contribution in [3.63, 3.8) is 0 Å². The summed E-state index contributed by atoms with van der Waals surface area (Å²) in [5, 5.41) is 17.0. The summed E-state index contributed by atoms with van der Waals surface area (Å²) in [6.07, 6.45) is 0. The SMILES string of the molecule is Cc1cc(Oc2nc(Cl)nnc2Cl)c(F)cc1[N+](=O)[O-]. The van der Waals surface area contributed by atoms with Crippen molar-refractivity contribution in [3.05, 3.63) is 44.1 Å². The molecule has 0 amide bonds. The summed E-state index contributed by atoms with van der Waals surface area (Å²) in [6, 6.07) is 1.90. The molecule has 2 aromatic rings. The summed E-state index contributed by atoms with van der Waals surface area (Å²) in [4.78, 5) is 13.6. The van der Waals surface area contributed by atoms with Gasteiger partial charge in [-0.05, 0) is 24.6 Å². The molecule has 0 atom stereocenters. The first-order chi connectivity index (χ1) is 9.38. The first-order valence-corrected chi connectivity index (χ1v) is 5.82. The van der Waals surface area contributed by atoms with Crippen LogP contribution in [0.4, 0.5) is 10.1 Å². The predicted octanol–water partition coefficient (Wildman–Crippen LogP) is 3.33. The third-order valence-corrected chi connectivity index (χ3v) is 2.64. The molecule has 0 bridgehead atoms. The normalized spacial score (nSPS) is 10.4. The highest BCUT2D eigenvalue weighted by Crippen LogP contribution is 2.32. The number of nitro groups is 1. The van der Waals surface area contributed by atoms with Crippen molar-refractivity contribution >= 4 is 28.9 Å². The Labute approximate surface area is 121 Å². The van der Waals surface area contributed by atoms with E-state index in [1.54, 1.807) is 0 Å². The van der Waals surface area contributed by atoms with Crippen LogP contribution >= 0.6 is 23.2 Å². The van der Waals surface area contributed by atoms with E-state index >= 15 is 0 Å². The number of aromatic nitrogens is 3. The van der Waals surface area contributed by atoms with Gasteiger partial charge in [0, 0.05) is 5.56 Å². The number of hydrogen-bond donors (Lipinski definition) is 0. The zero-order valence-corrected chi connectivity index (χ0v) is 11.3. The summed E-state index contributed by atoms with van der Waals surface area (Å²) in [5.74, 6) is -1.47. The first-order valence-electron chi connectivity index (χ1n) is 5.06. The molecule has 0 spiro atoms. The molecule has 0 aliphatic heterocycles. The van der Waals surface area contributed by atoms with E-state index < -0.39 is 10.7 Å².